The summed E-state index contributed by atoms with van der Waals surface area (Å²) in [7, 11) is 0. The second-order valence-electron chi connectivity index (χ2n) is 4.73. The molecule has 1 saturated heterocycles. The highest BCUT2D eigenvalue weighted by molar-refractivity contribution is 5.37. The third-order valence-corrected chi connectivity index (χ3v) is 2.95. The number of H-pyrrole nitrogens is 1. The molecule has 18 heavy (non-hydrogen) atoms. The zero-order chi connectivity index (χ0) is 13.0. The largest absolute Gasteiger partial charge is 0.377 e. The Labute approximate surface area is 106 Å². The van der Waals surface area contributed by atoms with Gasteiger partial charge >= 0.3 is 0 Å². The van der Waals surface area contributed by atoms with E-state index in [0.29, 0.717) is 31.6 Å². The summed E-state index contributed by atoms with van der Waals surface area (Å²) in [5, 5.41) is 3.37. The zero-order valence-corrected chi connectivity index (χ0v) is 10.8. The van der Waals surface area contributed by atoms with E-state index < -0.39 is 0 Å². The number of nitrogens with one attached hydrogen (secondary N) is 2. The van der Waals surface area contributed by atoms with Crippen molar-refractivity contribution in [3.63, 3.8) is 0 Å². The lowest BCUT2D eigenvalue weighted by molar-refractivity contribution is 0.0926. The minimum absolute atomic E-state index is 0.144. The first kappa shape index (κ1) is 13.0. The van der Waals surface area contributed by atoms with Crippen molar-refractivity contribution in [3.05, 3.63) is 22.7 Å². The Balaban J connectivity index is 2.13. The Bertz CT molecular complexity index is 432. The Kier molecular flexibility index (Phi) is 4.33. The number of hydrogen-bond donors (Lipinski definition) is 2. The van der Waals surface area contributed by atoms with Crippen LogP contribution in [-0.4, -0.2) is 48.4 Å². The van der Waals surface area contributed by atoms with Crippen molar-refractivity contribution in [1.82, 2.24) is 15.3 Å². The van der Waals surface area contributed by atoms with Gasteiger partial charge in [0, 0.05) is 31.5 Å². The lowest BCUT2D eigenvalue weighted by Gasteiger charge is -2.36. The molecule has 1 aromatic heterocycles. The van der Waals surface area contributed by atoms with Crippen LogP contribution in [0, 0.1) is 0 Å². The summed E-state index contributed by atoms with van der Waals surface area (Å²) in [5.41, 5.74) is -0.144. The van der Waals surface area contributed by atoms with E-state index in [1.165, 1.54) is 0 Å². The summed E-state index contributed by atoms with van der Waals surface area (Å²) in [4.78, 5) is 20.6. The van der Waals surface area contributed by atoms with Crippen molar-refractivity contribution >= 4 is 5.82 Å². The number of hydrogen-bond acceptors (Lipinski definition) is 5. The van der Waals surface area contributed by atoms with Gasteiger partial charge in [0.25, 0.3) is 5.56 Å². The first-order valence-electron chi connectivity index (χ1n) is 6.30. The van der Waals surface area contributed by atoms with Crippen LogP contribution in [0.25, 0.3) is 0 Å². The van der Waals surface area contributed by atoms with Crippen LogP contribution in [0.2, 0.25) is 0 Å². The number of morpholine rings is 1. The minimum atomic E-state index is -0.144. The molecule has 1 aliphatic heterocycles. The molecular formula is C12H20N4O2. The van der Waals surface area contributed by atoms with Gasteiger partial charge in [-0.1, -0.05) is 13.8 Å². The van der Waals surface area contributed by atoms with Crippen LogP contribution < -0.4 is 15.8 Å². The van der Waals surface area contributed by atoms with Crippen LogP contribution in [0.15, 0.2) is 17.2 Å². The van der Waals surface area contributed by atoms with Gasteiger partial charge in [0.15, 0.2) is 5.82 Å². The lowest BCUT2D eigenvalue weighted by atomic mass is 10.2. The Morgan fingerprint density at radius 1 is 1.67 bits per heavy atom. The molecule has 0 bridgehead atoms. The Morgan fingerprint density at radius 3 is 3.22 bits per heavy atom. The van der Waals surface area contributed by atoms with Crippen LogP contribution in [0.3, 0.4) is 0 Å². The quantitative estimate of drug-likeness (QED) is 0.787. The number of aromatic amines is 1. The number of aromatic nitrogens is 2. The van der Waals surface area contributed by atoms with Gasteiger partial charge in [-0.3, -0.25) is 4.79 Å². The van der Waals surface area contributed by atoms with Gasteiger partial charge in [-0.2, -0.15) is 0 Å². The maximum atomic E-state index is 11.8. The molecule has 0 spiro atoms. The van der Waals surface area contributed by atoms with Crippen LogP contribution in [-0.2, 0) is 4.74 Å². The number of nitrogens with zero attached hydrogens (tertiary/aromatic N) is 2. The predicted octanol–water partition coefficient (Wildman–Crippen LogP) is -0.0269. The normalized spacial score (nSPS) is 20.4. The molecule has 100 valence electrons. The summed E-state index contributed by atoms with van der Waals surface area (Å²) in [6, 6.07) is 0.563. The monoisotopic (exact) mass is 252 g/mol. The van der Waals surface area contributed by atoms with E-state index >= 15 is 0 Å². The Hall–Kier alpha value is -1.40. The number of anilines is 1. The van der Waals surface area contributed by atoms with Gasteiger partial charge in [0.2, 0.25) is 0 Å². The maximum absolute atomic E-state index is 11.8. The van der Waals surface area contributed by atoms with E-state index in [9.17, 15) is 4.79 Å². The fourth-order valence-electron chi connectivity index (χ4n) is 2.02. The molecule has 1 unspecified atom stereocenters. The molecule has 0 amide bonds. The number of ether oxygens (including phenoxy) is 1. The van der Waals surface area contributed by atoms with Crippen LogP contribution in [0.1, 0.15) is 13.8 Å². The second kappa shape index (κ2) is 5.97. The van der Waals surface area contributed by atoms with Crippen molar-refractivity contribution in [1.29, 1.82) is 0 Å². The lowest BCUT2D eigenvalue weighted by Crippen LogP contribution is -2.53. The molecule has 0 aliphatic carbocycles. The van der Waals surface area contributed by atoms with E-state index in [-0.39, 0.29) is 11.6 Å². The molecule has 0 saturated carbocycles. The van der Waals surface area contributed by atoms with Crippen LogP contribution >= 0.6 is 0 Å². The fraction of sp³-hybridized carbons (Fsp3) is 0.667. The van der Waals surface area contributed by atoms with Crippen LogP contribution in [0.5, 0.6) is 0 Å². The molecule has 1 aliphatic rings. The molecule has 2 heterocycles. The first-order chi connectivity index (χ1) is 8.68. The third-order valence-electron chi connectivity index (χ3n) is 2.95. The average molecular weight is 252 g/mol. The first-order valence-corrected chi connectivity index (χ1v) is 6.30. The van der Waals surface area contributed by atoms with E-state index in [1.807, 2.05) is 4.90 Å². The summed E-state index contributed by atoms with van der Waals surface area (Å²) in [6.45, 7) is 6.94. The highest BCUT2D eigenvalue weighted by atomic mass is 16.5. The van der Waals surface area contributed by atoms with Gasteiger partial charge in [0.05, 0.1) is 19.3 Å². The van der Waals surface area contributed by atoms with Crippen molar-refractivity contribution < 1.29 is 4.74 Å². The predicted molar refractivity (Wildman–Crippen MR) is 69.9 cm³/mol. The van der Waals surface area contributed by atoms with E-state index in [2.05, 4.69) is 29.1 Å². The van der Waals surface area contributed by atoms with E-state index in [1.54, 1.807) is 12.4 Å². The summed E-state index contributed by atoms with van der Waals surface area (Å²) in [5.74, 6) is 0.483. The topological polar surface area (TPSA) is 70.2 Å². The molecule has 1 fully saturated rings. The van der Waals surface area contributed by atoms with Gasteiger partial charge in [-0.05, 0) is 0 Å². The molecule has 6 nitrogen and oxygen atoms in total. The molecule has 0 aromatic carbocycles. The third kappa shape index (κ3) is 3.08. The minimum Gasteiger partial charge on any atom is -0.377 e. The van der Waals surface area contributed by atoms with Crippen molar-refractivity contribution in [3.8, 4) is 0 Å². The van der Waals surface area contributed by atoms with Gasteiger partial charge in [-0.15, -0.1) is 0 Å². The van der Waals surface area contributed by atoms with Crippen molar-refractivity contribution in [2.24, 2.45) is 0 Å². The summed E-state index contributed by atoms with van der Waals surface area (Å²) < 4.78 is 5.48. The summed E-state index contributed by atoms with van der Waals surface area (Å²) >= 11 is 0. The smallest absolute Gasteiger partial charge is 0.290 e. The van der Waals surface area contributed by atoms with Crippen molar-refractivity contribution in [2.45, 2.75) is 25.9 Å². The molecular weight excluding hydrogens is 232 g/mol. The highest BCUT2D eigenvalue weighted by Crippen LogP contribution is 2.12. The molecule has 1 atom stereocenters. The zero-order valence-electron chi connectivity index (χ0n) is 10.8. The molecule has 1 aromatic rings. The van der Waals surface area contributed by atoms with Gasteiger partial charge < -0.3 is 19.9 Å². The van der Waals surface area contributed by atoms with Gasteiger partial charge in [-0.25, -0.2) is 4.98 Å². The number of rotatable bonds is 4. The average Bonchev–Trinajstić information content (AvgIpc) is 2.37. The molecule has 6 heteroatoms. The molecule has 2 N–H and O–H groups in total. The van der Waals surface area contributed by atoms with Crippen LogP contribution in [0.4, 0.5) is 5.82 Å². The SMILES string of the molecule is CC(C)NCC1COCCN1c1ncc[nH]c1=O. The maximum Gasteiger partial charge on any atom is 0.290 e. The van der Waals surface area contributed by atoms with Gasteiger partial charge in [0.1, 0.15) is 0 Å². The fourth-order valence-corrected chi connectivity index (χ4v) is 2.02. The van der Waals surface area contributed by atoms with E-state index in [0.717, 1.165) is 6.54 Å². The molecule has 2 rings (SSSR count). The second-order valence-corrected chi connectivity index (χ2v) is 4.73. The van der Waals surface area contributed by atoms with Crippen molar-refractivity contribution in [2.75, 3.05) is 31.2 Å². The van der Waals surface area contributed by atoms with E-state index in [4.69, 9.17) is 4.74 Å². The standard InChI is InChI=1S/C12H20N4O2/c1-9(2)15-7-10-8-18-6-5-16(10)11-12(17)14-4-3-13-11/h3-4,9-10,15H,5-8H2,1-2H3,(H,14,17). The Morgan fingerprint density at radius 2 is 2.50 bits per heavy atom. The summed E-state index contributed by atoms with van der Waals surface area (Å²) in [6.07, 6.45) is 3.16. The molecule has 0 radical (unpaired) electrons. The highest BCUT2D eigenvalue weighted by Gasteiger charge is 2.25.